The average Bonchev–Trinajstić information content (AvgIpc) is 2.46. The molecule has 8 heteroatoms. The number of carbonyl (C=O) groups is 3. The number of benzene rings is 1. The highest BCUT2D eigenvalue weighted by Gasteiger charge is 2.33. The van der Waals surface area contributed by atoms with Crippen molar-refractivity contribution in [3.8, 4) is 0 Å². The monoisotopic (exact) mass is 342 g/mol. The molecule has 6 nitrogen and oxygen atoms in total. The third-order valence-corrected chi connectivity index (χ3v) is 5.00. The molecule has 0 bridgehead atoms. The van der Waals surface area contributed by atoms with E-state index in [1.165, 1.54) is 11.8 Å². The van der Waals surface area contributed by atoms with Crippen LogP contribution in [0.15, 0.2) is 18.2 Å². The van der Waals surface area contributed by atoms with Crippen LogP contribution in [0.1, 0.15) is 12.0 Å². The van der Waals surface area contributed by atoms with Gasteiger partial charge in [-0.15, -0.1) is 11.8 Å². The topological polar surface area (TPSA) is 95.5 Å². The van der Waals surface area contributed by atoms with E-state index in [4.69, 9.17) is 16.7 Å². The van der Waals surface area contributed by atoms with E-state index in [1.54, 1.807) is 25.1 Å². The van der Waals surface area contributed by atoms with Crippen molar-refractivity contribution in [2.24, 2.45) is 0 Å². The number of anilines is 1. The molecule has 2 amide bonds. The summed E-state index contributed by atoms with van der Waals surface area (Å²) < 4.78 is 0. The van der Waals surface area contributed by atoms with Crippen molar-refractivity contribution in [2.45, 2.75) is 24.6 Å². The van der Waals surface area contributed by atoms with E-state index in [2.05, 4.69) is 10.6 Å². The number of amides is 2. The largest absolute Gasteiger partial charge is 0.480 e. The Morgan fingerprint density at radius 1 is 1.50 bits per heavy atom. The Bertz CT molecular complexity index is 623. The van der Waals surface area contributed by atoms with E-state index < -0.39 is 23.2 Å². The number of thioether (sulfide) groups is 1. The predicted octanol–water partition coefficient (Wildman–Crippen LogP) is 1.66. The summed E-state index contributed by atoms with van der Waals surface area (Å²) in [5, 5.41) is 13.9. The minimum absolute atomic E-state index is 0.0191. The van der Waals surface area contributed by atoms with Gasteiger partial charge in [0.1, 0.15) is 6.04 Å². The molecule has 3 N–H and O–H groups in total. The van der Waals surface area contributed by atoms with E-state index in [9.17, 15) is 14.4 Å². The fourth-order valence-corrected chi connectivity index (χ4v) is 3.31. The van der Waals surface area contributed by atoms with Gasteiger partial charge >= 0.3 is 5.97 Å². The molecule has 1 saturated heterocycles. The molecule has 0 spiro atoms. The highest BCUT2D eigenvalue weighted by molar-refractivity contribution is 8.00. The smallest absolute Gasteiger partial charge is 0.327 e. The maximum atomic E-state index is 12.0. The molecule has 0 radical (unpaired) electrons. The van der Waals surface area contributed by atoms with Gasteiger partial charge in [-0.05, 0) is 24.6 Å². The lowest BCUT2D eigenvalue weighted by Crippen LogP contribution is -2.51. The zero-order chi connectivity index (χ0) is 16.3. The van der Waals surface area contributed by atoms with Crippen LogP contribution in [0.2, 0.25) is 5.02 Å². The van der Waals surface area contributed by atoms with Crippen LogP contribution in [0.4, 0.5) is 5.69 Å². The van der Waals surface area contributed by atoms with Crippen molar-refractivity contribution in [1.82, 2.24) is 5.32 Å². The molecule has 0 aromatic heterocycles. The van der Waals surface area contributed by atoms with Gasteiger partial charge in [0.25, 0.3) is 0 Å². The lowest BCUT2D eigenvalue weighted by molar-refractivity contribution is -0.141. The molecule has 0 saturated carbocycles. The van der Waals surface area contributed by atoms with Gasteiger partial charge in [-0.2, -0.15) is 0 Å². The summed E-state index contributed by atoms with van der Waals surface area (Å²) in [6.45, 7) is 1.79. The van der Waals surface area contributed by atoms with Gasteiger partial charge in [-0.25, -0.2) is 4.79 Å². The SMILES string of the molecule is Cc1c(Cl)cccc1NC(=O)C[C@H]1SC[C@@H](C(=O)O)NC1=O. The normalized spacial score (nSPS) is 21.1. The first-order valence-electron chi connectivity index (χ1n) is 6.58. The molecule has 1 aromatic carbocycles. The van der Waals surface area contributed by atoms with Crippen LogP contribution in [0, 0.1) is 6.92 Å². The Kier molecular flexibility index (Phi) is 5.31. The second kappa shape index (κ2) is 7.02. The minimum Gasteiger partial charge on any atom is -0.480 e. The predicted molar refractivity (Wildman–Crippen MR) is 85.2 cm³/mol. The number of aliphatic carboxylic acids is 1. The summed E-state index contributed by atoms with van der Waals surface area (Å²) in [5.74, 6) is -1.57. The van der Waals surface area contributed by atoms with Crippen molar-refractivity contribution in [1.29, 1.82) is 0 Å². The van der Waals surface area contributed by atoms with Gasteiger partial charge in [-0.1, -0.05) is 17.7 Å². The summed E-state index contributed by atoms with van der Waals surface area (Å²) in [6.07, 6.45) is -0.0191. The Balaban J connectivity index is 1.94. The molecule has 1 heterocycles. The molecule has 1 aliphatic rings. The summed E-state index contributed by atoms with van der Waals surface area (Å²) in [6, 6.07) is 4.29. The molecule has 2 atom stereocenters. The van der Waals surface area contributed by atoms with Gasteiger partial charge in [0.05, 0.1) is 5.25 Å². The number of carboxylic acid groups (broad SMARTS) is 1. The molecular weight excluding hydrogens is 328 g/mol. The second-order valence-corrected chi connectivity index (χ2v) is 6.53. The Hall–Kier alpha value is -1.73. The standard InChI is InChI=1S/C14H15ClN2O4S/c1-7-8(15)3-2-4-9(7)16-12(18)5-11-13(19)17-10(6-22-11)14(20)21/h2-4,10-11H,5-6H2,1H3,(H,16,18)(H,17,19)(H,20,21)/t10-,11+/m0/s1. The first-order valence-corrected chi connectivity index (χ1v) is 8.01. The van der Waals surface area contributed by atoms with E-state index in [0.717, 1.165) is 5.56 Å². The van der Waals surface area contributed by atoms with Gasteiger partial charge in [0, 0.05) is 22.9 Å². The number of hydrogen-bond donors (Lipinski definition) is 3. The van der Waals surface area contributed by atoms with Crippen LogP contribution < -0.4 is 10.6 Å². The Labute approximate surface area is 136 Å². The van der Waals surface area contributed by atoms with Crippen LogP contribution in [0.3, 0.4) is 0 Å². The zero-order valence-electron chi connectivity index (χ0n) is 11.8. The number of nitrogens with one attached hydrogen (secondary N) is 2. The first kappa shape index (κ1) is 16.6. The van der Waals surface area contributed by atoms with Gasteiger partial charge in [0.15, 0.2) is 0 Å². The van der Waals surface area contributed by atoms with Crippen LogP contribution in [0.25, 0.3) is 0 Å². The number of halogens is 1. The summed E-state index contributed by atoms with van der Waals surface area (Å²) in [7, 11) is 0. The lowest BCUT2D eigenvalue weighted by atomic mass is 10.2. The quantitative estimate of drug-likeness (QED) is 0.773. The fourth-order valence-electron chi connectivity index (χ4n) is 1.99. The Morgan fingerprint density at radius 3 is 2.86 bits per heavy atom. The number of carbonyl (C=O) groups excluding carboxylic acids is 2. The van der Waals surface area contributed by atoms with E-state index in [-0.39, 0.29) is 18.1 Å². The van der Waals surface area contributed by atoms with Crippen LogP contribution in [0.5, 0.6) is 0 Å². The molecule has 118 valence electrons. The molecule has 2 rings (SSSR count). The van der Waals surface area contributed by atoms with Crippen molar-refractivity contribution in [2.75, 3.05) is 11.1 Å². The summed E-state index contributed by atoms with van der Waals surface area (Å²) in [5.41, 5.74) is 1.35. The Morgan fingerprint density at radius 2 is 2.23 bits per heavy atom. The van der Waals surface area contributed by atoms with E-state index >= 15 is 0 Å². The molecule has 1 aromatic rings. The van der Waals surface area contributed by atoms with Crippen LogP contribution in [-0.4, -0.2) is 39.9 Å². The second-order valence-electron chi connectivity index (χ2n) is 4.89. The number of hydrogen-bond acceptors (Lipinski definition) is 4. The van der Waals surface area contributed by atoms with Crippen LogP contribution in [-0.2, 0) is 14.4 Å². The molecule has 1 fully saturated rings. The molecule has 1 aliphatic heterocycles. The number of rotatable bonds is 4. The van der Waals surface area contributed by atoms with Crippen molar-refractivity contribution in [3.05, 3.63) is 28.8 Å². The maximum absolute atomic E-state index is 12.0. The highest BCUT2D eigenvalue weighted by atomic mass is 35.5. The van der Waals surface area contributed by atoms with E-state index in [1.807, 2.05) is 0 Å². The molecular formula is C14H15ClN2O4S. The third-order valence-electron chi connectivity index (χ3n) is 3.28. The van der Waals surface area contributed by atoms with E-state index in [0.29, 0.717) is 10.7 Å². The van der Waals surface area contributed by atoms with Gasteiger partial charge < -0.3 is 15.7 Å². The average molecular weight is 343 g/mol. The van der Waals surface area contributed by atoms with Crippen molar-refractivity contribution in [3.63, 3.8) is 0 Å². The maximum Gasteiger partial charge on any atom is 0.327 e. The third kappa shape index (κ3) is 3.92. The van der Waals surface area contributed by atoms with Gasteiger partial charge in [-0.3, -0.25) is 9.59 Å². The highest BCUT2D eigenvalue weighted by Crippen LogP contribution is 2.25. The molecule has 0 aliphatic carbocycles. The summed E-state index contributed by atoms with van der Waals surface area (Å²) >= 11 is 7.16. The fraction of sp³-hybridized carbons (Fsp3) is 0.357. The first-order chi connectivity index (χ1) is 10.4. The minimum atomic E-state index is -1.07. The van der Waals surface area contributed by atoms with Gasteiger partial charge in [0.2, 0.25) is 11.8 Å². The van der Waals surface area contributed by atoms with Crippen molar-refractivity contribution < 1.29 is 19.5 Å². The lowest BCUT2D eigenvalue weighted by Gasteiger charge is -2.25. The molecule has 0 unspecified atom stereocenters. The number of carboxylic acids is 1. The molecule has 22 heavy (non-hydrogen) atoms. The zero-order valence-corrected chi connectivity index (χ0v) is 13.3. The summed E-state index contributed by atoms with van der Waals surface area (Å²) in [4.78, 5) is 34.7. The van der Waals surface area contributed by atoms with Crippen LogP contribution >= 0.6 is 23.4 Å². The van der Waals surface area contributed by atoms with Crippen molar-refractivity contribution >= 4 is 46.8 Å².